The Hall–Kier alpha value is -2.37. The van der Waals surface area contributed by atoms with E-state index in [4.69, 9.17) is 5.11 Å². The molecule has 0 bridgehead atoms. The molecule has 0 aliphatic heterocycles. The normalized spacial score (nSPS) is 10.8. The van der Waals surface area contributed by atoms with Crippen molar-refractivity contribution in [2.24, 2.45) is 0 Å². The molecule has 0 unspecified atom stereocenters. The maximum absolute atomic E-state index is 12.3. The fourth-order valence-electron chi connectivity index (χ4n) is 1.74. The fourth-order valence-corrected chi connectivity index (χ4v) is 1.74. The number of aliphatic carboxylic acids is 1. The Balaban J connectivity index is 2.77. The minimum atomic E-state index is -0.941. The van der Waals surface area contributed by atoms with Gasteiger partial charge in [-0.2, -0.15) is 0 Å². The first-order chi connectivity index (χ1) is 9.74. The van der Waals surface area contributed by atoms with Gasteiger partial charge in [-0.25, -0.2) is 4.79 Å². The first-order valence-corrected chi connectivity index (χ1v) is 6.60. The molecule has 2 amide bonds. The average molecular weight is 291 g/mol. The van der Waals surface area contributed by atoms with Crippen molar-refractivity contribution in [3.8, 4) is 0 Å². The molecule has 1 aromatic rings. The molecular formula is C15H21N3O3. The molecule has 0 fully saturated rings. The third kappa shape index (κ3) is 5.25. The number of hydrogen-bond donors (Lipinski definition) is 2. The van der Waals surface area contributed by atoms with Gasteiger partial charge in [0.1, 0.15) is 0 Å². The smallest absolute Gasteiger partial charge is 0.322 e. The van der Waals surface area contributed by atoms with Crippen LogP contribution in [0.4, 0.5) is 10.5 Å². The number of rotatable bonds is 5. The lowest BCUT2D eigenvalue weighted by atomic mass is 10.1. The van der Waals surface area contributed by atoms with E-state index in [2.05, 4.69) is 16.9 Å². The molecular weight excluding hydrogens is 270 g/mol. The van der Waals surface area contributed by atoms with Crippen LogP contribution in [0.15, 0.2) is 31.0 Å². The van der Waals surface area contributed by atoms with Gasteiger partial charge in [-0.1, -0.05) is 6.08 Å². The standard InChI is InChI=1S/C15H21N3O3/c1-5-8-18(15(2,3)4)14(21)17-12-7-6-11(16-10-12)9-13(19)20/h5-7,10H,1,8-9H2,2-4H3,(H,17,21)(H,19,20). The zero-order chi connectivity index (χ0) is 16.0. The van der Waals surface area contributed by atoms with Crippen LogP contribution in [0.3, 0.4) is 0 Å². The molecule has 0 saturated carbocycles. The molecule has 0 saturated heterocycles. The molecule has 2 N–H and O–H groups in total. The van der Waals surface area contributed by atoms with E-state index < -0.39 is 5.97 Å². The number of nitrogens with zero attached hydrogens (tertiary/aromatic N) is 2. The number of carbonyl (C=O) groups excluding carboxylic acids is 1. The molecule has 1 heterocycles. The number of urea groups is 1. The predicted octanol–water partition coefficient (Wildman–Crippen LogP) is 2.53. The molecule has 6 nitrogen and oxygen atoms in total. The molecule has 0 aromatic carbocycles. The molecule has 1 rings (SSSR count). The summed E-state index contributed by atoms with van der Waals surface area (Å²) in [7, 11) is 0. The van der Waals surface area contributed by atoms with Gasteiger partial charge in [0.2, 0.25) is 0 Å². The zero-order valence-corrected chi connectivity index (χ0v) is 12.6. The van der Waals surface area contributed by atoms with Crippen molar-refractivity contribution in [3.63, 3.8) is 0 Å². The molecule has 0 aliphatic rings. The maximum atomic E-state index is 12.3. The number of hydrogen-bond acceptors (Lipinski definition) is 3. The largest absolute Gasteiger partial charge is 0.481 e. The maximum Gasteiger partial charge on any atom is 0.322 e. The summed E-state index contributed by atoms with van der Waals surface area (Å²) in [4.78, 5) is 28.5. The van der Waals surface area contributed by atoms with Gasteiger partial charge in [0.05, 0.1) is 24.0 Å². The Kier molecular flexibility index (Phi) is 5.46. The Labute approximate surface area is 124 Å². The van der Waals surface area contributed by atoms with Gasteiger partial charge in [-0.15, -0.1) is 6.58 Å². The number of nitrogens with one attached hydrogen (secondary N) is 1. The monoisotopic (exact) mass is 291 g/mol. The van der Waals surface area contributed by atoms with Crippen molar-refractivity contribution in [1.82, 2.24) is 9.88 Å². The van der Waals surface area contributed by atoms with Crippen LogP contribution < -0.4 is 5.32 Å². The highest BCUT2D eigenvalue weighted by Crippen LogP contribution is 2.16. The summed E-state index contributed by atoms with van der Waals surface area (Å²) in [6.45, 7) is 9.89. The van der Waals surface area contributed by atoms with Crippen LogP contribution in [0.1, 0.15) is 26.5 Å². The number of amides is 2. The zero-order valence-electron chi connectivity index (χ0n) is 12.6. The SMILES string of the molecule is C=CCN(C(=O)Nc1ccc(CC(=O)O)nc1)C(C)(C)C. The van der Waals surface area contributed by atoms with Crippen LogP contribution in [-0.2, 0) is 11.2 Å². The summed E-state index contributed by atoms with van der Waals surface area (Å²) in [5.74, 6) is -0.941. The Morgan fingerprint density at radius 2 is 2.10 bits per heavy atom. The second-order valence-corrected chi connectivity index (χ2v) is 5.61. The first kappa shape index (κ1) is 16.7. The highest BCUT2D eigenvalue weighted by Gasteiger charge is 2.25. The summed E-state index contributed by atoms with van der Waals surface area (Å²) < 4.78 is 0. The van der Waals surface area contributed by atoms with Gasteiger partial charge in [0, 0.05) is 12.1 Å². The van der Waals surface area contributed by atoms with E-state index in [-0.39, 0.29) is 18.0 Å². The lowest BCUT2D eigenvalue weighted by molar-refractivity contribution is -0.136. The summed E-state index contributed by atoms with van der Waals surface area (Å²) >= 11 is 0. The number of pyridine rings is 1. The molecule has 0 atom stereocenters. The Bertz CT molecular complexity index is 518. The number of carboxylic acid groups (broad SMARTS) is 1. The van der Waals surface area contributed by atoms with Crippen molar-refractivity contribution in [2.75, 3.05) is 11.9 Å². The van der Waals surface area contributed by atoms with Crippen LogP contribution in [0.25, 0.3) is 0 Å². The van der Waals surface area contributed by atoms with Gasteiger partial charge in [0.15, 0.2) is 0 Å². The van der Waals surface area contributed by atoms with Crippen LogP contribution in [0.2, 0.25) is 0 Å². The molecule has 0 aliphatic carbocycles. The lowest BCUT2D eigenvalue weighted by Crippen LogP contribution is -2.47. The van der Waals surface area contributed by atoms with E-state index in [0.29, 0.717) is 17.9 Å². The number of aromatic nitrogens is 1. The van der Waals surface area contributed by atoms with Crippen molar-refractivity contribution in [1.29, 1.82) is 0 Å². The van der Waals surface area contributed by atoms with E-state index in [1.54, 1.807) is 23.1 Å². The minimum absolute atomic E-state index is 0.140. The Morgan fingerprint density at radius 3 is 2.52 bits per heavy atom. The van der Waals surface area contributed by atoms with Crippen molar-refractivity contribution in [3.05, 3.63) is 36.7 Å². The summed E-state index contributed by atoms with van der Waals surface area (Å²) in [6.07, 6.45) is 2.97. The lowest BCUT2D eigenvalue weighted by Gasteiger charge is -2.34. The molecule has 114 valence electrons. The highest BCUT2D eigenvalue weighted by molar-refractivity contribution is 5.89. The summed E-state index contributed by atoms with van der Waals surface area (Å²) in [5, 5.41) is 11.4. The number of anilines is 1. The minimum Gasteiger partial charge on any atom is -0.481 e. The van der Waals surface area contributed by atoms with E-state index in [1.807, 2.05) is 20.8 Å². The van der Waals surface area contributed by atoms with E-state index in [1.165, 1.54) is 6.20 Å². The summed E-state index contributed by atoms with van der Waals surface area (Å²) in [6, 6.07) is 2.96. The summed E-state index contributed by atoms with van der Waals surface area (Å²) in [5.41, 5.74) is 0.626. The number of carboxylic acids is 1. The predicted molar refractivity (Wildman–Crippen MR) is 81.3 cm³/mol. The van der Waals surface area contributed by atoms with Crippen LogP contribution >= 0.6 is 0 Å². The van der Waals surface area contributed by atoms with Gasteiger partial charge in [-0.3, -0.25) is 9.78 Å². The van der Waals surface area contributed by atoms with Crippen molar-refractivity contribution < 1.29 is 14.7 Å². The van der Waals surface area contributed by atoms with E-state index >= 15 is 0 Å². The first-order valence-electron chi connectivity index (χ1n) is 6.60. The van der Waals surface area contributed by atoms with Gasteiger partial charge < -0.3 is 15.3 Å². The number of carbonyl (C=O) groups is 2. The van der Waals surface area contributed by atoms with Crippen molar-refractivity contribution in [2.45, 2.75) is 32.7 Å². The van der Waals surface area contributed by atoms with E-state index in [0.717, 1.165) is 0 Å². The molecule has 0 spiro atoms. The average Bonchev–Trinajstić information content (AvgIpc) is 2.36. The third-order valence-corrected chi connectivity index (χ3v) is 2.77. The molecule has 21 heavy (non-hydrogen) atoms. The van der Waals surface area contributed by atoms with E-state index in [9.17, 15) is 9.59 Å². The second-order valence-electron chi connectivity index (χ2n) is 5.61. The van der Waals surface area contributed by atoms with Gasteiger partial charge >= 0.3 is 12.0 Å². The van der Waals surface area contributed by atoms with Crippen molar-refractivity contribution >= 4 is 17.7 Å². The quantitative estimate of drug-likeness (QED) is 0.817. The third-order valence-electron chi connectivity index (χ3n) is 2.77. The van der Waals surface area contributed by atoms with Crippen LogP contribution in [0, 0.1) is 0 Å². The topological polar surface area (TPSA) is 82.5 Å². The molecule has 6 heteroatoms. The molecule has 1 aromatic heterocycles. The highest BCUT2D eigenvalue weighted by atomic mass is 16.4. The second kappa shape index (κ2) is 6.88. The van der Waals surface area contributed by atoms with Crippen LogP contribution in [0.5, 0.6) is 0 Å². The fraction of sp³-hybridized carbons (Fsp3) is 0.400. The van der Waals surface area contributed by atoms with Gasteiger partial charge in [-0.05, 0) is 32.9 Å². The Morgan fingerprint density at radius 1 is 1.43 bits per heavy atom. The molecule has 0 radical (unpaired) electrons. The van der Waals surface area contributed by atoms with Crippen LogP contribution in [-0.4, -0.2) is 39.1 Å². The van der Waals surface area contributed by atoms with Gasteiger partial charge in [0.25, 0.3) is 0 Å².